The predicted octanol–water partition coefficient (Wildman–Crippen LogP) is 5.27. The van der Waals surface area contributed by atoms with E-state index in [1.165, 1.54) is 81.2 Å². The van der Waals surface area contributed by atoms with Gasteiger partial charge in [0.1, 0.15) is 48.1 Å². The number of carbonyl (C=O) groups excluding carboxylic acids is 6. The Morgan fingerprint density at radius 1 is 0.835 bits per heavy atom. The second-order valence-electron chi connectivity index (χ2n) is 28.2. The molecular weight excluding hydrogens is 1680 g/mol. The van der Waals surface area contributed by atoms with E-state index in [0.29, 0.717) is 37.4 Å². The molecule has 2 aromatic carbocycles. The maximum Gasteiger partial charge on any atom is 0.433 e. The van der Waals surface area contributed by atoms with Crippen molar-refractivity contribution in [2.75, 3.05) is 61.1 Å². The molecule has 19 atom stereocenters. The van der Waals surface area contributed by atoms with Crippen LogP contribution in [0.2, 0.25) is 0 Å². The molecule has 1 aromatic heterocycles. The fraction of sp³-hybridized carbons (Fsp3) is 0.584. The van der Waals surface area contributed by atoms with E-state index in [0.717, 1.165) is 18.9 Å². The molecule has 0 radical (unpaired) electrons. The maximum absolute atomic E-state index is 14.6. The number of aliphatic hydroxyl groups excluding tert-OH is 4. The van der Waals surface area contributed by atoms with Gasteiger partial charge in [0.2, 0.25) is 40.7 Å². The fourth-order valence-corrected chi connectivity index (χ4v) is 18.0. The van der Waals surface area contributed by atoms with Crippen LogP contribution in [0.15, 0.2) is 69.8 Å². The molecule has 9 rings (SSSR count). The maximum atomic E-state index is 14.6. The summed E-state index contributed by atoms with van der Waals surface area (Å²) in [5, 5.41) is 81.6. The number of halogens is 1. The molecule has 34 nitrogen and oxygen atoms in total. The molecule has 115 heavy (non-hydrogen) atoms. The molecular formula is C77H99IN6O28S3. The van der Waals surface area contributed by atoms with Crippen molar-refractivity contribution < 1.29 is 136 Å². The van der Waals surface area contributed by atoms with Crippen LogP contribution in [-0.4, -0.2) is 273 Å². The number of likely N-dealkylation sites (N-methyl/N-ethyl adjacent to an activating group) is 1. The summed E-state index contributed by atoms with van der Waals surface area (Å²) >= 11 is 2.77. The molecule has 0 spiro atoms. The first kappa shape index (κ1) is 91.8. The number of Topliss-reactive ketones (excluding diaryl/α,β-unsaturated/α-hetero) is 1. The van der Waals surface area contributed by atoms with Crippen molar-refractivity contribution in [2.24, 2.45) is 10.1 Å². The van der Waals surface area contributed by atoms with E-state index in [-0.39, 0.29) is 97.4 Å². The van der Waals surface area contributed by atoms with E-state index < -0.39 is 173 Å². The molecule has 5 heterocycles. The summed E-state index contributed by atoms with van der Waals surface area (Å²) in [6.45, 7) is 15.6. The van der Waals surface area contributed by atoms with E-state index in [4.69, 9.17) is 71.3 Å². The lowest BCUT2D eigenvalue weighted by molar-refractivity contribution is -0.337. The van der Waals surface area contributed by atoms with Gasteiger partial charge in [-0.2, -0.15) is 15.6 Å². The monoisotopic (exact) mass is 1780 g/mol. The number of amides is 3. The van der Waals surface area contributed by atoms with E-state index >= 15 is 0 Å². The van der Waals surface area contributed by atoms with Crippen molar-refractivity contribution in [1.82, 2.24) is 20.5 Å². The summed E-state index contributed by atoms with van der Waals surface area (Å²) < 4.78 is 78.8. The molecule has 4 fully saturated rings. The average molecular weight is 1780 g/mol. The SMILES string of the molecule is CCN(C(C)=O)C1COC(OC2C(O[C@H]3C#C/C=C/C#C[C@]4(O)CC(=O)C(=NC(=O)OC)C3=C4CCSSC(C)(C)CC(=O)NN=C(C)c3ccc(OCCCC(=O)On4c(O)ccc4O)cc3)OC(C)C(NOC3CC(O)C(SC(=O)c4c(C)c(I)c(OC5OC(C)C(O)C(OC)C5O)c(OC)c4OC)C(C)O3)C2O)CC1OC. The number of aromatic hydroxyl groups is 2. The highest BCUT2D eigenvalue weighted by molar-refractivity contribution is 14.1. The van der Waals surface area contributed by atoms with Gasteiger partial charge in [-0.15, -0.1) is 4.73 Å². The third-order valence-electron chi connectivity index (χ3n) is 19.7. The quantitative estimate of drug-likeness (QED) is 0.00959. The molecule has 3 amide bonds. The number of aromatic nitrogens is 1. The predicted molar refractivity (Wildman–Crippen MR) is 426 cm³/mol. The summed E-state index contributed by atoms with van der Waals surface area (Å²) in [6, 6.07) is 7.50. The lowest BCUT2D eigenvalue weighted by atomic mass is 9.74. The molecule has 4 aliphatic heterocycles. The van der Waals surface area contributed by atoms with Gasteiger partial charge in [-0.25, -0.2) is 15.0 Å². The van der Waals surface area contributed by atoms with Gasteiger partial charge in [-0.3, -0.25) is 24.0 Å². The number of rotatable bonds is 32. The summed E-state index contributed by atoms with van der Waals surface area (Å²) in [5.41, 5.74) is 4.44. The van der Waals surface area contributed by atoms with Crippen LogP contribution in [0, 0.1) is 34.2 Å². The number of methoxy groups -OCH3 is 5. The van der Waals surface area contributed by atoms with Gasteiger partial charge in [0.15, 0.2) is 41.8 Å². The lowest BCUT2D eigenvalue weighted by Crippen LogP contribution is -2.65. The number of hydrazone groups is 1. The second-order valence-corrected chi connectivity index (χ2v) is 33.5. The summed E-state index contributed by atoms with van der Waals surface area (Å²) in [7, 11) is 9.26. The molecule has 2 aliphatic carbocycles. The molecule has 4 saturated heterocycles. The number of hydroxylamine groups is 1. The summed E-state index contributed by atoms with van der Waals surface area (Å²) in [5.74, 6) is 9.27. The Balaban J connectivity index is 0.901. The Bertz CT molecular complexity index is 4210. The van der Waals surface area contributed by atoms with E-state index in [1.807, 2.05) is 43.4 Å². The number of fused-ring (bicyclic) bond motifs is 1. The van der Waals surface area contributed by atoms with Crippen molar-refractivity contribution in [3.63, 3.8) is 0 Å². The first-order valence-electron chi connectivity index (χ1n) is 36.9. The third-order valence-corrected chi connectivity index (χ3v) is 25.7. The minimum absolute atomic E-state index is 0.00162. The van der Waals surface area contributed by atoms with Gasteiger partial charge >= 0.3 is 12.1 Å². The number of thioether (sulfide) groups is 1. The largest absolute Gasteiger partial charge is 0.494 e. The van der Waals surface area contributed by atoms with Crippen molar-refractivity contribution >= 4 is 102 Å². The average Bonchev–Trinajstić information content (AvgIpc) is 0.827. The minimum atomic E-state index is -2.21. The number of nitrogens with one attached hydrogen (secondary N) is 2. The molecule has 3 aromatic rings. The van der Waals surface area contributed by atoms with Crippen LogP contribution in [0.25, 0.3) is 0 Å². The first-order chi connectivity index (χ1) is 54.7. The number of nitrogens with zero attached hydrogens (tertiary/aromatic N) is 4. The van der Waals surface area contributed by atoms with Gasteiger partial charge in [0.25, 0.3) is 0 Å². The third kappa shape index (κ3) is 22.6. The zero-order chi connectivity index (χ0) is 83.9. The number of ketones is 1. The van der Waals surface area contributed by atoms with Gasteiger partial charge in [-0.05, 0) is 144 Å². The molecule has 0 saturated carbocycles. The van der Waals surface area contributed by atoms with Crippen molar-refractivity contribution in [1.29, 1.82) is 0 Å². The Hall–Kier alpha value is -7.14. The summed E-state index contributed by atoms with van der Waals surface area (Å²) in [4.78, 5) is 97.8. The van der Waals surface area contributed by atoms with Crippen LogP contribution < -0.4 is 34.7 Å². The Morgan fingerprint density at radius 3 is 2.18 bits per heavy atom. The number of benzene rings is 2. The highest BCUT2D eigenvalue weighted by Gasteiger charge is 2.53. The number of ether oxygens (including phenoxy) is 13. The van der Waals surface area contributed by atoms with Crippen LogP contribution >= 0.6 is 55.9 Å². The molecule has 6 aliphatic rings. The zero-order valence-electron chi connectivity index (χ0n) is 65.9. The van der Waals surface area contributed by atoms with E-state index in [2.05, 4.69) is 44.7 Å². The number of hydrogen-bond acceptors (Lipinski definition) is 33. The van der Waals surface area contributed by atoms with Crippen LogP contribution in [-0.2, 0) is 66.6 Å². The number of hydrogen-bond donors (Lipinski definition) is 9. The minimum Gasteiger partial charge on any atom is -0.494 e. The van der Waals surface area contributed by atoms with Crippen LogP contribution in [0.3, 0.4) is 0 Å². The number of aliphatic hydroxyl groups is 5. The van der Waals surface area contributed by atoms with Gasteiger partial charge in [-0.1, -0.05) is 57.0 Å². The van der Waals surface area contributed by atoms with Gasteiger partial charge in [0.05, 0.1) is 110 Å². The normalized spacial score (nSPS) is 29.5. The molecule has 9 N–H and O–H groups in total. The summed E-state index contributed by atoms with van der Waals surface area (Å²) in [6.07, 6.45) is -17.7. The van der Waals surface area contributed by atoms with Crippen LogP contribution in [0.5, 0.6) is 34.8 Å². The Kier molecular flexibility index (Phi) is 33.1. The highest BCUT2D eigenvalue weighted by Crippen LogP contribution is 2.50. The molecule has 17 unspecified atom stereocenters. The standard InChI is InChI=1S/C77H99IN6O28S3/c1-15-83(43(7)85)47-37-104-56(34-51(47)98-10)109-69-64(93)61(82-111-57-33-48(86)71(42(6)105-57)114-72(95)58-38(2)60(78)67(70(101-13)66(58)99-11)110-73-65(94)68(100-12)63(92)41(5)107-73)40(4)106-74(69)108-50-21-18-16-17-19-30-77(97)35-49(87)62(79-75(96)102-14)59(50)46(77)29-32-113-115-76(8,9)36-52(88)81-80-39(3)44-23-25-45(26-24-44)103-31-20-22-55(91)112-84-53(89)27-28-54(84)90/h16-17,23-28,40-42,47-48,50-51,56-57,61,63-65,68-69,71,73-74,82,86,89-90,92-94,97H,15,20,22,29,31-37H2,1-14H3,(H,81,88)/b17-16+,79-62?,80-39?/t40?,41?,42?,47?,48?,50-,51?,56?,57?,61?,63?,64?,65?,68?,69?,71?,73?,74?,77-/m0/s1. The van der Waals surface area contributed by atoms with Crippen molar-refractivity contribution in [2.45, 2.75) is 227 Å². The molecule has 38 heteroatoms. The topological polar surface area (TPSA) is 439 Å². The van der Waals surface area contributed by atoms with Gasteiger partial charge < -0.3 is 107 Å². The second kappa shape index (κ2) is 41.5. The number of carbonyl (C=O) groups is 6. The first-order valence-corrected chi connectivity index (χ1v) is 41.2. The van der Waals surface area contributed by atoms with Crippen molar-refractivity contribution in [3.05, 3.63) is 80.0 Å². The zero-order valence-corrected chi connectivity index (χ0v) is 70.5. The Morgan fingerprint density at radius 2 is 1.53 bits per heavy atom. The van der Waals surface area contributed by atoms with Crippen molar-refractivity contribution in [3.8, 4) is 58.4 Å². The number of aliphatic imine (C=N–C) groups is 1. The Labute approximate surface area is 691 Å². The lowest BCUT2D eigenvalue weighted by Gasteiger charge is -2.47. The number of allylic oxidation sites excluding steroid dienone is 2. The van der Waals surface area contributed by atoms with Crippen LogP contribution in [0.1, 0.15) is 122 Å². The highest BCUT2D eigenvalue weighted by atomic mass is 127. The van der Waals surface area contributed by atoms with E-state index in [9.17, 15) is 64.5 Å². The molecule has 2 bridgehead atoms. The van der Waals surface area contributed by atoms with E-state index in [1.54, 1.807) is 63.8 Å². The smallest absolute Gasteiger partial charge is 0.433 e. The van der Waals surface area contributed by atoms with Gasteiger partial charge in [0, 0.05) is 75.2 Å². The fourth-order valence-electron chi connectivity index (χ4n) is 13.7. The van der Waals surface area contributed by atoms with Crippen LogP contribution in [0.4, 0.5) is 4.79 Å². The molecule has 630 valence electrons.